The highest BCUT2D eigenvalue weighted by molar-refractivity contribution is 7.47. The lowest BCUT2D eigenvalue weighted by Gasteiger charge is -2.21. The molecule has 3 N–H and O–H groups in total. The summed E-state index contributed by atoms with van der Waals surface area (Å²) >= 11 is 0. The summed E-state index contributed by atoms with van der Waals surface area (Å²) in [5, 5.41) is 10.6. The van der Waals surface area contributed by atoms with E-state index in [0.29, 0.717) is 31.6 Å². The maximum atomic E-state index is 13.1. The number of hydrogen-bond donors (Lipinski definition) is 3. The van der Waals surface area contributed by atoms with Gasteiger partial charge in [-0.3, -0.25) is 37.3 Å². The van der Waals surface area contributed by atoms with E-state index in [4.69, 9.17) is 37.0 Å². The Morgan fingerprint density at radius 1 is 0.283 bits per heavy atom. The third-order valence-electron chi connectivity index (χ3n) is 18.9. The van der Waals surface area contributed by atoms with Crippen LogP contribution in [0.2, 0.25) is 0 Å². The highest BCUT2D eigenvalue weighted by Crippen LogP contribution is 2.45. The molecule has 0 amide bonds. The second-order valence-corrected chi connectivity index (χ2v) is 33.4. The minimum Gasteiger partial charge on any atom is -0.462 e. The molecule has 0 aromatic carbocycles. The van der Waals surface area contributed by atoms with Crippen LogP contribution in [0.1, 0.15) is 409 Å². The third kappa shape index (κ3) is 72.8. The topological polar surface area (TPSA) is 237 Å². The number of phosphoric acid groups is 2. The van der Waals surface area contributed by atoms with Crippen molar-refractivity contribution >= 4 is 39.5 Å². The van der Waals surface area contributed by atoms with Crippen molar-refractivity contribution in [2.45, 2.75) is 427 Å². The van der Waals surface area contributed by atoms with Gasteiger partial charge < -0.3 is 33.8 Å². The van der Waals surface area contributed by atoms with E-state index in [1.165, 1.54) is 205 Å². The van der Waals surface area contributed by atoms with Gasteiger partial charge in [0.15, 0.2) is 12.2 Å². The number of aliphatic hydroxyl groups is 1. The van der Waals surface area contributed by atoms with E-state index < -0.39 is 97.5 Å². The maximum absolute atomic E-state index is 13.1. The van der Waals surface area contributed by atoms with Gasteiger partial charge in [-0.1, -0.05) is 357 Å². The van der Waals surface area contributed by atoms with Crippen molar-refractivity contribution in [2.24, 2.45) is 23.7 Å². The fourth-order valence-electron chi connectivity index (χ4n) is 12.2. The average Bonchev–Trinajstić information content (AvgIpc) is 1.04. The Kier molecular flexibility index (Phi) is 67.8. The predicted molar refractivity (Wildman–Crippen MR) is 404 cm³/mol. The molecule has 0 aromatic heterocycles. The molecule has 0 saturated heterocycles. The monoisotopic (exact) mass is 1450 g/mol. The fraction of sp³-hybridized carbons (Fsp3) is 0.950. The molecular formula is C80H156O17P2. The molecule has 0 radical (unpaired) electrons. The first-order chi connectivity index (χ1) is 47.6. The molecule has 0 saturated carbocycles. The van der Waals surface area contributed by atoms with Crippen LogP contribution in [0, 0.1) is 23.7 Å². The molecule has 6 atom stereocenters. The largest absolute Gasteiger partial charge is 0.472 e. The summed E-state index contributed by atoms with van der Waals surface area (Å²) < 4.78 is 68.7. The van der Waals surface area contributed by atoms with Crippen molar-refractivity contribution in [1.82, 2.24) is 0 Å². The molecule has 0 aromatic rings. The number of aliphatic hydroxyl groups excluding tert-OH is 1. The van der Waals surface area contributed by atoms with Crippen LogP contribution in [0.25, 0.3) is 0 Å². The molecule has 0 bridgehead atoms. The van der Waals surface area contributed by atoms with Gasteiger partial charge in [-0.25, -0.2) is 9.13 Å². The molecule has 0 aliphatic rings. The van der Waals surface area contributed by atoms with Crippen molar-refractivity contribution in [3.05, 3.63) is 0 Å². The highest BCUT2D eigenvalue weighted by atomic mass is 31.2. The van der Waals surface area contributed by atoms with Gasteiger partial charge in [0, 0.05) is 25.7 Å². The van der Waals surface area contributed by atoms with Crippen LogP contribution in [-0.2, 0) is 65.4 Å². The summed E-state index contributed by atoms with van der Waals surface area (Å²) in [6, 6.07) is 0. The summed E-state index contributed by atoms with van der Waals surface area (Å²) in [6.45, 7) is 14.3. The molecule has 0 heterocycles. The Balaban J connectivity index is 5.25. The Morgan fingerprint density at radius 3 is 0.717 bits per heavy atom. The lowest BCUT2D eigenvalue weighted by atomic mass is 9.99. The molecule has 0 aliphatic heterocycles. The predicted octanol–water partition coefficient (Wildman–Crippen LogP) is 23.6. The first kappa shape index (κ1) is 97.1. The summed E-state index contributed by atoms with van der Waals surface area (Å²) in [7, 11) is -9.92. The van der Waals surface area contributed by atoms with E-state index in [2.05, 4.69) is 55.4 Å². The van der Waals surface area contributed by atoms with Crippen molar-refractivity contribution in [3.8, 4) is 0 Å². The Labute approximate surface area is 607 Å². The quantitative estimate of drug-likeness (QED) is 0.0222. The van der Waals surface area contributed by atoms with Crippen LogP contribution < -0.4 is 0 Å². The molecular weight excluding hydrogens is 1290 g/mol. The highest BCUT2D eigenvalue weighted by Gasteiger charge is 2.30. The van der Waals surface area contributed by atoms with Gasteiger partial charge in [-0.2, -0.15) is 0 Å². The maximum Gasteiger partial charge on any atom is 0.472 e. The number of rotatable bonds is 77. The van der Waals surface area contributed by atoms with E-state index in [9.17, 15) is 43.2 Å². The smallest absolute Gasteiger partial charge is 0.462 e. The first-order valence-electron chi connectivity index (χ1n) is 41.2. The SMILES string of the molecule is CCC(C)CCCCCCCCCCCCCCCCC(=O)O[C@H](COC(=O)CCCCCCCCCC(C)C)COP(=O)(O)OCC(O)COP(=O)(O)OC[C@@H](COC(=O)CCCCCCCCCCCCCCC(C)C)OC(=O)CCCCCCCCCCCCCCCC(C)C. The van der Waals surface area contributed by atoms with Gasteiger partial charge in [0.1, 0.15) is 19.3 Å². The van der Waals surface area contributed by atoms with Gasteiger partial charge in [0.2, 0.25) is 0 Å². The van der Waals surface area contributed by atoms with Gasteiger partial charge in [0.05, 0.1) is 26.4 Å². The second kappa shape index (κ2) is 69.1. The van der Waals surface area contributed by atoms with E-state index in [-0.39, 0.29) is 25.7 Å². The molecule has 588 valence electrons. The minimum atomic E-state index is -4.96. The fourth-order valence-corrected chi connectivity index (χ4v) is 13.8. The zero-order chi connectivity index (χ0) is 73.1. The Hall–Kier alpha value is -1.94. The van der Waals surface area contributed by atoms with Crippen LogP contribution in [-0.4, -0.2) is 96.7 Å². The minimum absolute atomic E-state index is 0.107. The first-order valence-corrected chi connectivity index (χ1v) is 44.2. The second-order valence-electron chi connectivity index (χ2n) is 30.5. The van der Waals surface area contributed by atoms with E-state index in [1.807, 2.05) is 0 Å². The zero-order valence-corrected chi connectivity index (χ0v) is 66.9. The Morgan fingerprint density at radius 2 is 0.485 bits per heavy atom. The zero-order valence-electron chi connectivity index (χ0n) is 65.1. The van der Waals surface area contributed by atoms with Crippen LogP contribution >= 0.6 is 15.6 Å². The van der Waals surface area contributed by atoms with Crippen molar-refractivity contribution in [1.29, 1.82) is 0 Å². The summed E-state index contributed by atoms with van der Waals surface area (Å²) in [4.78, 5) is 73.0. The molecule has 17 nitrogen and oxygen atoms in total. The van der Waals surface area contributed by atoms with E-state index in [1.54, 1.807) is 0 Å². The number of hydrogen-bond acceptors (Lipinski definition) is 15. The van der Waals surface area contributed by atoms with Crippen LogP contribution in [0.3, 0.4) is 0 Å². The Bertz CT molecular complexity index is 1940. The standard InChI is InChI=1S/C80H156O17P2/c1-9-73(8)59-51-43-35-27-21-14-10-11-15-23-29-37-46-54-62-80(85)97-76(67-91-78(83)61-53-45-39-31-34-42-50-58-72(6)7)69-95-99(88,89)93-65-74(81)64-92-98(86,87)94-68-75(66-90-77(82)60-52-44-36-28-22-18-17-20-26-33-41-49-57-71(4)5)96-79(84)63-55-47-38-30-24-16-12-13-19-25-32-40-48-56-70(2)3/h70-76,81H,9-69H2,1-8H3,(H,86,87)(H,88,89)/t73?,74?,75-,76-/m1/s1. The summed E-state index contributed by atoms with van der Waals surface area (Å²) in [6.07, 6.45) is 55.4. The van der Waals surface area contributed by atoms with E-state index in [0.717, 1.165) is 114 Å². The van der Waals surface area contributed by atoms with Crippen molar-refractivity contribution in [3.63, 3.8) is 0 Å². The molecule has 0 spiro atoms. The number of carbonyl (C=O) groups excluding carboxylic acids is 4. The molecule has 4 unspecified atom stereocenters. The number of phosphoric ester groups is 2. The van der Waals surface area contributed by atoms with Gasteiger partial charge >= 0.3 is 39.5 Å². The molecule has 99 heavy (non-hydrogen) atoms. The van der Waals surface area contributed by atoms with Crippen LogP contribution in [0.4, 0.5) is 0 Å². The van der Waals surface area contributed by atoms with Crippen LogP contribution in [0.5, 0.6) is 0 Å². The lowest BCUT2D eigenvalue weighted by Crippen LogP contribution is -2.30. The van der Waals surface area contributed by atoms with E-state index >= 15 is 0 Å². The third-order valence-corrected chi connectivity index (χ3v) is 20.8. The van der Waals surface area contributed by atoms with Gasteiger partial charge in [-0.15, -0.1) is 0 Å². The molecule has 0 aliphatic carbocycles. The number of ether oxygens (including phenoxy) is 4. The van der Waals surface area contributed by atoms with Gasteiger partial charge in [0.25, 0.3) is 0 Å². The number of unbranched alkanes of at least 4 members (excludes halogenated alkanes) is 42. The van der Waals surface area contributed by atoms with Gasteiger partial charge in [-0.05, 0) is 49.4 Å². The van der Waals surface area contributed by atoms with Crippen molar-refractivity contribution in [2.75, 3.05) is 39.6 Å². The molecule has 19 heteroatoms. The summed E-state index contributed by atoms with van der Waals surface area (Å²) in [5.41, 5.74) is 0. The molecule has 0 fully saturated rings. The van der Waals surface area contributed by atoms with Crippen molar-refractivity contribution < 1.29 is 80.2 Å². The average molecular weight is 1450 g/mol. The number of esters is 4. The molecule has 0 rings (SSSR count). The van der Waals surface area contributed by atoms with Crippen LogP contribution in [0.15, 0.2) is 0 Å². The lowest BCUT2D eigenvalue weighted by molar-refractivity contribution is -0.161. The number of carbonyl (C=O) groups is 4. The summed E-state index contributed by atoms with van der Waals surface area (Å²) in [5.74, 6) is 1.00. The normalized spacial score (nSPS) is 14.3.